The fourth-order valence-corrected chi connectivity index (χ4v) is 1.75. The van der Waals surface area contributed by atoms with E-state index in [1.807, 2.05) is 6.33 Å². The van der Waals surface area contributed by atoms with Gasteiger partial charge in [-0.1, -0.05) is 19.3 Å². The Morgan fingerprint density at radius 2 is 1.92 bits per heavy atom. The van der Waals surface area contributed by atoms with Crippen molar-refractivity contribution >= 4 is 0 Å². The molecule has 0 aliphatic carbocycles. The summed E-state index contributed by atoms with van der Waals surface area (Å²) >= 11 is 0. The fourth-order valence-electron chi connectivity index (χ4n) is 1.75. The Balaban J connectivity index is 2.10. The highest BCUT2D eigenvalue weighted by Gasteiger charge is 2.05. The Bertz CT molecular complexity index is 219. The summed E-state index contributed by atoms with van der Waals surface area (Å²) in [7, 11) is 0. The molecule has 0 unspecified atom stereocenters. The van der Waals surface area contributed by atoms with Gasteiger partial charge in [-0.05, 0) is 12.8 Å². The van der Waals surface area contributed by atoms with Crippen molar-refractivity contribution in [2.45, 2.75) is 45.1 Å². The highest BCUT2D eigenvalue weighted by atomic mass is 15.3. The first-order valence-electron chi connectivity index (χ1n) is 4.83. The summed E-state index contributed by atoms with van der Waals surface area (Å²) < 4.78 is 2.20. The van der Waals surface area contributed by atoms with Crippen LogP contribution in [-0.4, -0.2) is 14.8 Å². The molecule has 0 saturated heterocycles. The van der Waals surface area contributed by atoms with Gasteiger partial charge in [0.05, 0.1) is 0 Å². The summed E-state index contributed by atoms with van der Waals surface area (Å²) in [5.41, 5.74) is 0. The minimum Gasteiger partial charge on any atom is -0.318 e. The Kier molecular flexibility index (Phi) is 2.39. The Morgan fingerprint density at radius 3 is 2.92 bits per heavy atom. The Labute approximate surface area is 72.8 Å². The van der Waals surface area contributed by atoms with Crippen LogP contribution >= 0.6 is 0 Å². The third-order valence-electron chi connectivity index (χ3n) is 2.50. The van der Waals surface area contributed by atoms with Gasteiger partial charge in [0.1, 0.15) is 12.2 Å². The van der Waals surface area contributed by atoms with Crippen LogP contribution < -0.4 is 0 Å². The normalized spacial score (nSPS) is 19.0. The lowest BCUT2D eigenvalue weighted by Crippen LogP contribution is -2.01. The zero-order valence-electron chi connectivity index (χ0n) is 7.37. The maximum Gasteiger partial charge on any atom is 0.132 e. The van der Waals surface area contributed by atoms with Crippen molar-refractivity contribution in [2.24, 2.45) is 0 Å². The van der Waals surface area contributed by atoms with Crippen molar-refractivity contribution in [3.05, 3.63) is 12.2 Å². The lowest BCUT2D eigenvalue weighted by atomic mass is 10.1. The minimum atomic E-state index is 1.11. The first-order chi connectivity index (χ1) is 5.97. The number of hydrogen-bond acceptors (Lipinski definition) is 2. The molecule has 12 heavy (non-hydrogen) atoms. The molecule has 0 spiro atoms. The van der Waals surface area contributed by atoms with E-state index >= 15 is 0 Å². The standard InChI is InChI=1S/C9H15N3/c1-2-4-6-9-11-10-8-12(9)7-5-3-1/h8H,1-7H2. The molecule has 0 saturated carbocycles. The number of nitrogens with zero attached hydrogens (tertiary/aromatic N) is 3. The van der Waals surface area contributed by atoms with E-state index in [-0.39, 0.29) is 0 Å². The van der Waals surface area contributed by atoms with E-state index in [1.165, 1.54) is 37.9 Å². The molecule has 0 atom stereocenters. The molecule has 3 heteroatoms. The van der Waals surface area contributed by atoms with Crippen molar-refractivity contribution in [3.63, 3.8) is 0 Å². The predicted molar refractivity (Wildman–Crippen MR) is 46.8 cm³/mol. The zero-order chi connectivity index (χ0) is 8.23. The lowest BCUT2D eigenvalue weighted by Gasteiger charge is -2.01. The number of rotatable bonds is 0. The average molecular weight is 165 g/mol. The van der Waals surface area contributed by atoms with E-state index in [2.05, 4.69) is 14.8 Å². The predicted octanol–water partition coefficient (Wildman–Crippen LogP) is 1.78. The first kappa shape index (κ1) is 7.77. The highest BCUT2D eigenvalue weighted by molar-refractivity contribution is 4.86. The van der Waals surface area contributed by atoms with Crippen LogP contribution in [0.3, 0.4) is 0 Å². The second-order valence-electron chi connectivity index (χ2n) is 3.46. The summed E-state index contributed by atoms with van der Waals surface area (Å²) in [6.07, 6.45) is 9.63. The summed E-state index contributed by atoms with van der Waals surface area (Å²) in [5, 5.41) is 8.04. The Morgan fingerprint density at radius 1 is 1.08 bits per heavy atom. The number of hydrogen-bond donors (Lipinski definition) is 0. The van der Waals surface area contributed by atoms with Gasteiger partial charge in [0.2, 0.25) is 0 Å². The molecule has 1 aromatic heterocycles. The van der Waals surface area contributed by atoms with Gasteiger partial charge in [-0.25, -0.2) is 0 Å². The molecular weight excluding hydrogens is 150 g/mol. The maximum atomic E-state index is 4.11. The largest absolute Gasteiger partial charge is 0.318 e. The monoisotopic (exact) mass is 165 g/mol. The highest BCUT2D eigenvalue weighted by Crippen LogP contribution is 2.11. The molecule has 0 aromatic carbocycles. The van der Waals surface area contributed by atoms with Crippen molar-refractivity contribution in [1.29, 1.82) is 0 Å². The molecule has 1 aliphatic rings. The summed E-state index contributed by atoms with van der Waals surface area (Å²) in [5.74, 6) is 1.18. The molecule has 66 valence electrons. The van der Waals surface area contributed by atoms with Crippen LogP contribution in [0.5, 0.6) is 0 Å². The van der Waals surface area contributed by atoms with Crippen LogP contribution in [-0.2, 0) is 13.0 Å². The van der Waals surface area contributed by atoms with E-state index in [9.17, 15) is 0 Å². The van der Waals surface area contributed by atoms with Crippen molar-refractivity contribution in [2.75, 3.05) is 0 Å². The van der Waals surface area contributed by atoms with Crippen molar-refractivity contribution < 1.29 is 0 Å². The molecule has 3 nitrogen and oxygen atoms in total. The van der Waals surface area contributed by atoms with Crippen LogP contribution in [0.2, 0.25) is 0 Å². The van der Waals surface area contributed by atoms with E-state index < -0.39 is 0 Å². The molecule has 1 aromatic rings. The average Bonchev–Trinajstić information content (AvgIpc) is 2.50. The van der Waals surface area contributed by atoms with Crippen LogP contribution in [0.25, 0.3) is 0 Å². The second-order valence-corrected chi connectivity index (χ2v) is 3.46. The van der Waals surface area contributed by atoms with Gasteiger partial charge in [-0.15, -0.1) is 10.2 Å². The third kappa shape index (κ3) is 1.65. The first-order valence-corrected chi connectivity index (χ1v) is 4.83. The van der Waals surface area contributed by atoms with Crippen LogP contribution in [0, 0.1) is 0 Å². The molecule has 0 bridgehead atoms. The van der Waals surface area contributed by atoms with E-state index in [1.54, 1.807) is 0 Å². The molecule has 2 heterocycles. The summed E-state index contributed by atoms with van der Waals surface area (Å²) in [6, 6.07) is 0. The smallest absolute Gasteiger partial charge is 0.132 e. The lowest BCUT2D eigenvalue weighted by molar-refractivity contribution is 0.584. The molecule has 2 rings (SSSR count). The number of aryl methyl sites for hydroxylation is 2. The summed E-state index contributed by atoms with van der Waals surface area (Å²) in [4.78, 5) is 0. The topological polar surface area (TPSA) is 30.7 Å². The van der Waals surface area contributed by atoms with Gasteiger partial charge in [-0.3, -0.25) is 0 Å². The van der Waals surface area contributed by atoms with Gasteiger partial charge >= 0.3 is 0 Å². The van der Waals surface area contributed by atoms with E-state index in [0.29, 0.717) is 0 Å². The maximum absolute atomic E-state index is 4.11. The van der Waals surface area contributed by atoms with Gasteiger partial charge in [0.25, 0.3) is 0 Å². The van der Waals surface area contributed by atoms with Gasteiger partial charge in [0.15, 0.2) is 0 Å². The summed E-state index contributed by atoms with van der Waals surface area (Å²) in [6.45, 7) is 1.11. The van der Waals surface area contributed by atoms with Gasteiger partial charge in [0, 0.05) is 13.0 Å². The molecular formula is C9H15N3. The Hall–Kier alpha value is -0.860. The van der Waals surface area contributed by atoms with Crippen LogP contribution in [0.4, 0.5) is 0 Å². The van der Waals surface area contributed by atoms with Gasteiger partial charge in [-0.2, -0.15) is 0 Å². The molecule has 0 N–H and O–H groups in total. The quantitative estimate of drug-likeness (QED) is 0.586. The SMILES string of the molecule is c1nnc2n1CCCCCCC2. The molecule has 0 amide bonds. The van der Waals surface area contributed by atoms with Crippen molar-refractivity contribution in [1.82, 2.24) is 14.8 Å². The zero-order valence-corrected chi connectivity index (χ0v) is 7.37. The second kappa shape index (κ2) is 3.70. The van der Waals surface area contributed by atoms with Crippen molar-refractivity contribution in [3.8, 4) is 0 Å². The van der Waals surface area contributed by atoms with E-state index in [4.69, 9.17) is 0 Å². The molecule has 0 fully saturated rings. The molecule has 0 radical (unpaired) electrons. The van der Waals surface area contributed by atoms with Crippen LogP contribution in [0.1, 0.15) is 37.9 Å². The fraction of sp³-hybridized carbons (Fsp3) is 0.778. The number of aromatic nitrogens is 3. The van der Waals surface area contributed by atoms with E-state index in [0.717, 1.165) is 13.0 Å². The number of fused-ring (bicyclic) bond motifs is 1. The van der Waals surface area contributed by atoms with Gasteiger partial charge < -0.3 is 4.57 Å². The minimum absolute atomic E-state index is 1.11. The third-order valence-corrected chi connectivity index (χ3v) is 2.50. The molecule has 1 aliphatic heterocycles. The van der Waals surface area contributed by atoms with Crippen LogP contribution in [0.15, 0.2) is 6.33 Å².